The average molecular weight is 276 g/mol. The zero-order valence-corrected chi connectivity index (χ0v) is 11.6. The summed E-state index contributed by atoms with van der Waals surface area (Å²) < 4.78 is 0. The van der Waals surface area contributed by atoms with Crippen LogP contribution in [0.4, 0.5) is 5.69 Å². The Bertz CT molecular complexity index is 345. The third kappa shape index (κ3) is 6.38. The number of nitrogens with zero attached hydrogens (tertiary/aromatic N) is 1. The summed E-state index contributed by atoms with van der Waals surface area (Å²) in [6, 6.07) is 3.71. The molecule has 1 aromatic heterocycles. The summed E-state index contributed by atoms with van der Waals surface area (Å²) in [7, 11) is 0. The van der Waals surface area contributed by atoms with Crippen LogP contribution in [0.1, 0.15) is 12.6 Å². The lowest BCUT2D eigenvalue weighted by Gasteiger charge is -2.11. The van der Waals surface area contributed by atoms with Crippen LogP contribution in [0.15, 0.2) is 18.3 Å². The Morgan fingerprint density at radius 1 is 1.59 bits per heavy atom. The first-order chi connectivity index (χ1) is 7.61. The van der Waals surface area contributed by atoms with E-state index in [0.29, 0.717) is 12.1 Å². The van der Waals surface area contributed by atoms with Crippen molar-refractivity contribution in [1.29, 1.82) is 0 Å². The topological polar surface area (TPSA) is 68.0 Å². The maximum absolute atomic E-state index is 11.6. The van der Waals surface area contributed by atoms with Crippen molar-refractivity contribution < 1.29 is 4.79 Å². The largest absolute Gasteiger partial charge is 0.397 e. The van der Waals surface area contributed by atoms with E-state index in [2.05, 4.69) is 10.3 Å². The van der Waals surface area contributed by atoms with Crippen LogP contribution in [0.5, 0.6) is 0 Å². The smallest absolute Gasteiger partial charge is 0.226 e. The molecular formula is C11H18ClN3OS. The van der Waals surface area contributed by atoms with Gasteiger partial charge in [-0.2, -0.15) is 11.8 Å². The highest BCUT2D eigenvalue weighted by Gasteiger charge is 2.08. The first-order valence-corrected chi connectivity index (χ1v) is 6.50. The highest BCUT2D eigenvalue weighted by atomic mass is 35.5. The molecule has 1 heterocycles. The first-order valence-electron chi connectivity index (χ1n) is 5.10. The van der Waals surface area contributed by atoms with Gasteiger partial charge >= 0.3 is 0 Å². The summed E-state index contributed by atoms with van der Waals surface area (Å²) >= 11 is 1.71. The summed E-state index contributed by atoms with van der Waals surface area (Å²) in [6.07, 6.45) is 3.89. The van der Waals surface area contributed by atoms with Gasteiger partial charge in [0, 0.05) is 17.5 Å². The molecule has 6 heteroatoms. The van der Waals surface area contributed by atoms with Gasteiger partial charge in [0.25, 0.3) is 0 Å². The fraction of sp³-hybridized carbons (Fsp3) is 0.455. The predicted molar refractivity (Wildman–Crippen MR) is 75.6 cm³/mol. The predicted octanol–water partition coefficient (Wildman–Crippen LogP) is 1.50. The second-order valence-electron chi connectivity index (χ2n) is 3.68. The second-order valence-corrected chi connectivity index (χ2v) is 4.59. The Hall–Kier alpha value is -0.940. The van der Waals surface area contributed by atoms with E-state index in [9.17, 15) is 4.79 Å². The van der Waals surface area contributed by atoms with Gasteiger partial charge in [0.05, 0.1) is 18.3 Å². The number of aromatic nitrogens is 1. The molecule has 0 aliphatic carbocycles. The molecule has 0 bridgehead atoms. The number of hydrogen-bond donors (Lipinski definition) is 2. The second kappa shape index (κ2) is 8.20. The molecule has 0 saturated carbocycles. The molecule has 0 aliphatic rings. The molecule has 0 spiro atoms. The summed E-state index contributed by atoms with van der Waals surface area (Å²) in [5.41, 5.74) is 6.86. The van der Waals surface area contributed by atoms with Crippen LogP contribution < -0.4 is 11.1 Å². The summed E-state index contributed by atoms with van der Waals surface area (Å²) in [5, 5.41) is 2.91. The van der Waals surface area contributed by atoms with E-state index in [0.717, 1.165) is 11.4 Å². The van der Waals surface area contributed by atoms with Crippen LogP contribution in [0.2, 0.25) is 0 Å². The fourth-order valence-electron chi connectivity index (χ4n) is 1.32. The number of amides is 1. The number of carbonyl (C=O) groups excluding carboxylic acids is 1. The molecule has 0 aromatic carbocycles. The van der Waals surface area contributed by atoms with Crippen LogP contribution >= 0.6 is 24.2 Å². The minimum atomic E-state index is -0.00109. The third-order valence-electron chi connectivity index (χ3n) is 2.01. The van der Waals surface area contributed by atoms with Crippen molar-refractivity contribution in [2.24, 2.45) is 0 Å². The number of nitrogens with two attached hydrogens (primary N) is 1. The van der Waals surface area contributed by atoms with E-state index >= 15 is 0 Å². The number of carbonyl (C=O) groups is 1. The van der Waals surface area contributed by atoms with Crippen LogP contribution in [0.25, 0.3) is 0 Å². The number of hydrogen-bond acceptors (Lipinski definition) is 4. The van der Waals surface area contributed by atoms with E-state index in [1.807, 2.05) is 13.2 Å². The van der Waals surface area contributed by atoms with Crippen LogP contribution in [-0.2, 0) is 11.2 Å². The molecule has 4 nitrogen and oxygen atoms in total. The highest BCUT2D eigenvalue weighted by molar-refractivity contribution is 7.98. The lowest BCUT2D eigenvalue weighted by Crippen LogP contribution is -2.35. The van der Waals surface area contributed by atoms with Gasteiger partial charge in [-0.15, -0.1) is 12.4 Å². The number of pyridine rings is 1. The van der Waals surface area contributed by atoms with Gasteiger partial charge in [-0.25, -0.2) is 0 Å². The molecule has 0 aliphatic heterocycles. The number of rotatable bonds is 5. The van der Waals surface area contributed by atoms with Crippen molar-refractivity contribution in [3.63, 3.8) is 0 Å². The molecule has 1 amide bonds. The van der Waals surface area contributed by atoms with Gasteiger partial charge in [0.15, 0.2) is 0 Å². The number of nitrogen functional groups attached to an aromatic ring is 1. The maximum atomic E-state index is 11.6. The third-order valence-corrected chi connectivity index (χ3v) is 2.85. The quantitative estimate of drug-likeness (QED) is 0.854. The summed E-state index contributed by atoms with van der Waals surface area (Å²) in [4.78, 5) is 15.7. The zero-order valence-electron chi connectivity index (χ0n) is 9.97. The van der Waals surface area contributed by atoms with Crippen molar-refractivity contribution in [1.82, 2.24) is 10.3 Å². The van der Waals surface area contributed by atoms with E-state index in [4.69, 9.17) is 5.73 Å². The van der Waals surface area contributed by atoms with Crippen LogP contribution in [0.3, 0.4) is 0 Å². The van der Waals surface area contributed by atoms with E-state index in [1.165, 1.54) is 0 Å². The van der Waals surface area contributed by atoms with Crippen molar-refractivity contribution in [3.8, 4) is 0 Å². The lowest BCUT2D eigenvalue weighted by atomic mass is 10.2. The van der Waals surface area contributed by atoms with Crippen molar-refractivity contribution in [2.45, 2.75) is 19.4 Å². The highest BCUT2D eigenvalue weighted by Crippen LogP contribution is 2.02. The summed E-state index contributed by atoms with van der Waals surface area (Å²) in [6.45, 7) is 1.99. The van der Waals surface area contributed by atoms with Crippen molar-refractivity contribution in [3.05, 3.63) is 24.0 Å². The lowest BCUT2D eigenvalue weighted by molar-refractivity contribution is -0.120. The standard InChI is InChI=1S/C11H17N3OS.ClH/c1-8(7-16-2)14-11(15)5-10-4-3-9(12)6-13-10;/h3-4,6,8H,5,7,12H2,1-2H3,(H,14,15);1H. The minimum Gasteiger partial charge on any atom is -0.397 e. The number of anilines is 1. The Balaban J connectivity index is 0.00000256. The zero-order chi connectivity index (χ0) is 12.0. The number of thioether (sulfide) groups is 1. The van der Waals surface area contributed by atoms with E-state index < -0.39 is 0 Å². The maximum Gasteiger partial charge on any atom is 0.226 e. The Kier molecular flexibility index (Phi) is 7.74. The molecule has 0 radical (unpaired) electrons. The van der Waals surface area contributed by atoms with Gasteiger partial charge in [0.2, 0.25) is 5.91 Å². The molecule has 0 saturated heterocycles. The van der Waals surface area contributed by atoms with Gasteiger partial charge in [-0.3, -0.25) is 9.78 Å². The van der Waals surface area contributed by atoms with Gasteiger partial charge < -0.3 is 11.1 Å². The molecule has 3 N–H and O–H groups in total. The SMILES string of the molecule is CSCC(C)NC(=O)Cc1ccc(N)cn1.Cl. The van der Waals surface area contributed by atoms with Crippen molar-refractivity contribution in [2.75, 3.05) is 17.7 Å². The first kappa shape index (κ1) is 16.1. The Labute approximate surface area is 112 Å². The molecular weight excluding hydrogens is 258 g/mol. The minimum absolute atomic E-state index is 0. The van der Waals surface area contributed by atoms with E-state index in [1.54, 1.807) is 30.1 Å². The van der Waals surface area contributed by atoms with Crippen LogP contribution in [-0.4, -0.2) is 28.9 Å². The average Bonchev–Trinajstić information content (AvgIpc) is 2.21. The van der Waals surface area contributed by atoms with Gasteiger partial charge in [-0.1, -0.05) is 0 Å². The summed E-state index contributed by atoms with van der Waals surface area (Å²) in [5.74, 6) is 0.916. The van der Waals surface area contributed by atoms with E-state index in [-0.39, 0.29) is 24.4 Å². The molecule has 17 heavy (non-hydrogen) atoms. The Morgan fingerprint density at radius 3 is 2.82 bits per heavy atom. The van der Waals surface area contributed by atoms with Gasteiger partial charge in [0.1, 0.15) is 0 Å². The number of halogens is 1. The number of nitrogens with one attached hydrogen (secondary N) is 1. The normalized spacial score (nSPS) is 11.4. The molecule has 1 atom stereocenters. The molecule has 96 valence electrons. The fourth-order valence-corrected chi connectivity index (χ4v) is 1.91. The monoisotopic (exact) mass is 275 g/mol. The Morgan fingerprint density at radius 2 is 2.29 bits per heavy atom. The van der Waals surface area contributed by atoms with Gasteiger partial charge in [-0.05, 0) is 25.3 Å². The van der Waals surface area contributed by atoms with Crippen LogP contribution in [0, 0.1) is 0 Å². The molecule has 1 aromatic rings. The van der Waals surface area contributed by atoms with Crippen molar-refractivity contribution >= 4 is 35.8 Å². The molecule has 1 unspecified atom stereocenters. The molecule has 1 rings (SSSR count). The molecule has 0 fully saturated rings.